The minimum absolute atomic E-state index is 0.00411. The van der Waals surface area contributed by atoms with Crippen LogP contribution in [0.1, 0.15) is 12.8 Å². The third-order valence-electron chi connectivity index (χ3n) is 3.29. The molecule has 1 aromatic rings. The molecule has 7 nitrogen and oxygen atoms in total. The smallest absolute Gasteiger partial charge is 0.247 e. The van der Waals surface area contributed by atoms with Crippen LogP contribution in [0, 0.1) is 0 Å². The highest BCUT2D eigenvalue weighted by Gasteiger charge is 2.40. The summed E-state index contributed by atoms with van der Waals surface area (Å²) in [6.45, 7) is 0.311. The van der Waals surface area contributed by atoms with Crippen molar-refractivity contribution in [2.24, 2.45) is 0 Å². The molecule has 0 aliphatic carbocycles. The molecule has 8 heteroatoms. The van der Waals surface area contributed by atoms with Gasteiger partial charge in [-0.15, -0.1) is 0 Å². The Morgan fingerprint density at radius 2 is 2.10 bits per heavy atom. The molecular weight excluding hydrogens is 282 g/mol. The number of likely N-dealkylation sites (N-methyl/N-ethyl adjacent to an activating group) is 1. The van der Waals surface area contributed by atoms with Crippen molar-refractivity contribution in [2.75, 3.05) is 20.6 Å². The van der Waals surface area contributed by atoms with Crippen LogP contribution in [-0.2, 0) is 14.8 Å². The van der Waals surface area contributed by atoms with E-state index in [9.17, 15) is 18.0 Å². The van der Waals surface area contributed by atoms with E-state index in [0.717, 1.165) is 12.3 Å². The summed E-state index contributed by atoms with van der Waals surface area (Å²) in [5, 5.41) is 0. The van der Waals surface area contributed by atoms with Gasteiger partial charge in [0.2, 0.25) is 21.5 Å². The number of hydrogen-bond acceptors (Lipinski definition) is 4. The van der Waals surface area contributed by atoms with Crippen molar-refractivity contribution in [3.8, 4) is 0 Å². The maximum atomic E-state index is 12.5. The second-order valence-corrected chi connectivity index (χ2v) is 6.79. The Kier molecular flexibility index (Phi) is 3.96. The van der Waals surface area contributed by atoms with Crippen LogP contribution < -0.4 is 5.56 Å². The number of nitrogens with one attached hydrogen (secondary N) is 1. The van der Waals surface area contributed by atoms with E-state index in [0.29, 0.717) is 19.4 Å². The van der Waals surface area contributed by atoms with Crippen molar-refractivity contribution in [3.63, 3.8) is 0 Å². The lowest BCUT2D eigenvalue weighted by atomic mass is 10.2. The summed E-state index contributed by atoms with van der Waals surface area (Å²) in [6.07, 6.45) is 2.32. The molecule has 2 heterocycles. The van der Waals surface area contributed by atoms with E-state index >= 15 is 0 Å². The monoisotopic (exact) mass is 299 g/mol. The molecule has 1 amide bonds. The zero-order valence-corrected chi connectivity index (χ0v) is 12.2. The van der Waals surface area contributed by atoms with Crippen LogP contribution in [0.25, 0.3) is 0 Å². The van der Waals surface area contributed by atoms with Crippen molar-refractivity contribution in [3.05, 3.63) is 28.7 Å². The van der Waals surface area contributed by atoms with Crippen molar-refractivity contribution in [1.82, 2.24) is 14.2 Å². The fraction of sp³-hybridized carbons (Fsp3) is 0.500. The average Bonchev–Trinajstić information content (AvgIpc) is 2.88. The number of amides is 1. The highest BCUT2D eigenvalue weighted by Crippen LogP contribution is 2.26. The van der Waals surface area contributed by atoms with Gasteiger partial charge < -0.3 is 9.88 Å². The Hall–Kier alpha value is -1.67. The number of carbonyl (C=O) groups is 1. The number of hydrogen-bond donors (Lipinski definition) is 1. The van der Waals surface area contributed by atoms with Crippen molar-refractivity contribution in [1.29, 1.82) is 0 Å². The second-order valence-electron chi connectivity index (χ2n) is 4.90. The van der Waals surface area contributed by atoms with E-state index in [1.807, 2.05) is 0 Å². The molecule has 0 saturated carbocycles. The molecule has 0 aromatic carbocycles. The van der Waals surface area contributed by atoms with Gasteiger partial charge in [-0.25, -0.2) is 8.42 Å². The molecule has 110 valence electrons. The number of nitrogens with zero attached hydrogens (tertiary/aromatic N) is 2. The number of carbonyl (C=O) groups excluding carboxylic acids is 1. The first kappa shape index (κ1) is 14.7. The second kappa shape index (κ2) is 5.37. The molecule has 1 aromatic heterocycles. The van der Waals surface area contributed by atoms with Gasteiger partial charge in [0.15, 0.2) is 0 Å². The molecule has 1 aliphatic heterocycles. The summed E-state index contributed by atoms with van der Waals surface area (Å²) >= 11 is 0. The van der Waals surface area contributed by atoms with Gasteiger partial charge in [-0.3, -0.25) is 9.59 Å². The predicted octanol–water partition coefficient (Wildman–Crippen LogP) is -0.384. The number of sulfonamides is 1. The molecular formula is C12H17N3O4S. The number of pyridine rings is 1. The molecule has 20 heavy (non-hydrogen) atoms. The molecule has 1 N–H and O–H groups in total. The Bertz CT molecular complexity index is 645. The van der Waals surface area contributed by atoms with Crippen LogP contribution in [0.2, 0.25) is 0 Å². The maximum Gasteiger partial charge on any atom is 0.247 e. The molecule has 1 fully saturated rings. The number of aromatic amines is 1. The van der Waals surface area contributed by atoms with Crippen molar-refractivity contribution in [2.45, 2.75) is 23.8 Å². The lowest BCUT2D eigenvalue weighted by Crippen LogP contribution is -2.45. The van der Waals surface area contributed by atoms with E-state index < -0.39 is 16.1 Å². The average molecular weight is 299 g/mol. The Morgan fingerprint density at radius 1 is 1.40 bits per heavy atom. The summed E-state index contributed by atoms with van der Waals surface area (Å²) in [6, 6.07) is 1.75. The highest BCUT2D eigenvalue weighted by atomic mass is 32.2. The van der Waals surface area contributed by atoms with Gasteiger partial charge in [-0.05, 0) is 18.9 Å². The SMILES string of the molecule is CN(C)C(=O)C1CCCN1S(=O)(=O)c1ccc(=O)[nH]c1. The fourth-order valence-electron chi connectivity index (χ4n) is 2.26. The summed E-state index contributed by atoms with van der Waals surface area (Å²) in [7, 11) is -0.562. The van der Waals surface area contributed by atoms with Gasteiger partial charge in [0.1, 0.15) is 6.04 Å². The lowest BCUT2D eigenvalue weighted by Gasteiger charge is -2.25. The summed E-state index contributed by atoms with van der Waals surface area (Å²) in [4.78, 5) is 26.8. The molecule has 1 aliphatic rings. The van der Waals surface area contributed by atoms with Crippen LogP contribution in [0.3, 0.4) is 0 Å². The van der Waals surface area contributed by atoms with Crippen molar-refractivity contribution >= 4 is 15.9 Å². The number of rotatable bonds is 3. The largest absolute Gasteiger partial charge is 0.347 e. The van der Waals surface area contributed by atoms with Crippen molar-refractivity contribution < 1.29 is 13.2 Å². The highest BCUT2D eigenvalue weighted by molar-refractivity contribution is 7.89. The van der Waals surface area contributed by atoms with Crippen LogP contribution in [0.15, 0.2) is 28.0 Å². The van der Waals surface area contributed by atoms with E-state index in [4.69, 9.17) is 0 Å². The molecule has 1 unspecified atom stereocenters. The van der Waals surface area contributed by atoms with Crippen LogP contribution in [0.5, 0.6) is 0 Å². The van der Waals surface area contributed by atoms with Crippen LogP contribution in [-0.4, -0.2) is 55.2 Å². The molecule has 0 radical (unpaired) electrons. The van der Waals surface area contributed by atoms with Gasteiger partial charge in [0.05, 0.1) is 4.90 Å². The molecule has 1 saturated heterocycles. The maximum absolute atomic E-state index is 12.5. The Labute approximate surface area is 117 Å². The lowest BCUT2D eigenvalue weighted by molar-refractivity contribution is -0.132. The zero-order chi connectivity index (χ0) is 14.9. The van der Waals surface area contributed by atoms with E-state index in [1.165, 1.54) is 15.3 Å². The zero-order valence-electron chi connectivity index (χ0n) is 11.4. The molecule has 0 spiro atoms. The topological polar surface area (TPSA) is 90.6 Å². The van der Waals surface area contributed by atoms with Gasteiger partial charge >= 0.3 is 0 Å². The van der Waals surface area contributed by atoms with Gasteiger partial charge in [0, 0.05) is 32.9 Å². The third kappa shape index (κ3) is 2.61. The first-order chi connectivity index (χ1) is 9.34. The van der Waals surface area contributed by atoms with E-state index in [1.54, 1.807) is 14.1 Å². The minimum Gasteiger partial charge on any atom is -0.347 e. The number of aromatic nitrogens is 1. The third-order valence-corrected chi connectivity index (χ3v) is 5.20. The quantitative estimate of drug-likeness (QED) is 0.823. The first-order valence-corrected chi connectivity index (χ1v) is 7.70. The summed E-state index contributed by atoms with van der Waals surface area (Å²) in [5.74, 6) is -0.226. The Balaban J connectivity index is 2.35. The Morgan fingerprint density at radius 3 is 2.65 bits per heavy atom. The molecule has 1 atom stereocenters. The summed E-state index contributed by atoms with van der Waals surface area (Å²) < 4.78 is 26.2. The van der Waals surface area contributed by atoms with Gasteiger partial charge in [-0.2, -0.15) is 4.31 Å². The van der Waals surface area contributed by atoms with Gasteiger partial charge in [0.25, 0.3) is 0 Å². The fourth-order valence-corrected chi connectivity index (χ4v) is 3.88. The first-order valence-electron chi connectivity index (χ1n) is 6.26. The minimum atomic E-state index is -3.77. The van der Waals surface area contributed by atoms with Crippen LogP contribution in [0.4, 0.5) is 0 Å². The predicted molar refractivity (Wildman–Crippen MR) is 72.7 cm³/mol. The van der Waals surface area contributed by atoms with Crippen LogP contribution >= 0.6 is 0 Å². The van der Waals surface area contributed by atoms with E-state index in [-0.39, 0.29) is 16.4 Å². The standard InChI is InChI=1S/C12H17N3O4S/c1-14(2)12(17)10-4-3-7-15(10)20(18,19)9-5-6-11(16)13-8-9/h5-6,8,10H,3-4,7H2,1-2H3,(H,13,16). The number of H-pyrrole nitrogens is 1. The molecule has 0 bridgehead atoms. The van der Waals surface area contributed by atoms with Gasteiger partial charge in [-0.1, -0.05) is 0 Å². The normalized spacial score (nSPS) is 20.0. The van der Waals surface area contributed by atoms with E-state index in [2.05, 4.69) is 4.98 Å². The molecule has 2 rings (SSSR count). The summed E-state index contributed by atoms with van der Waals surface area (Å²) in [5.41, 5.74) is -0.369.